The van der Waals surface area contributed by atoms with E-state index in [1.54, 1.807) is 13.2 Å². The maximum atomic E-state index is 9.51. The predicted molar refractivity (Wildman–Crippen MR) is 132 cm³/mol. The normalized spacial score (nSPS) is 18.0. The van der Waals surface area contributed by atoms with Crippen molar-refractivity contribution in [2.24, 2.45) is 11.3 Å². The molecule has 3 N–H and O–H groups in total. The molecule has 2 aromatic heterocycles. The van der Waals surface area contributed by atoms with Crippen LogP contribution in [0, 0.1) is 22.7 Å². The summed E-state index contributed by atoms with van der Waals surface area (Å²) in [6, 6.07) is 9.75. The molecule has 2 aliphatic rings. The highest BCUT2D eigenvalue weighted by molar-refractivity contribution is 6.33. The number of halogens is 1. The number of nitrogen functional groups attached to an aromatic ring is 1. The highest BCUT2D eigenvalue weighted by atomic mass is 35.5. The molecule has 2 aromatic rings. The van der Waals surface area contributed by atoms with Crippen LogP contribution in [0.25, 0.3) is 11.3 Å². The fraction of sp³-hybridized carbons (Fsp3) is 0.560. The van der Waals surface area contributed by atoms with E-state index < -0.39 is 5.41 Å². The average Bonchev–Trinajstić information content (AvgIpc) is 2.86. The van der Waals surface area contributed by atoms with Crippen molar-refractivity contribution < 1.29 is 9.47 Å². The second-order valence-corrected chi connectivity index (χ2v) is 9.22. The van der Waals surface area contributed by atoms with Crippen molar-refractivity contribution in [3.63, 3.8) is 0 Å². The van der Waals surface area contributed by atoms with Crippen molar-refractivity contribution in [3.05, 3.63) is 35.5 Å². The van der Waals surface area contributed by atoms with Crippen molar-refractivity contribution in [1.29, 1.82) is 5.26 Å². The minimum atomic E-state index is -0.408. The highest BCUT2D eigenvalue weighted by Crippen LogP contribution is 2.31. The number of hydrogen-bond donors (Lipinski definition) is 2. The Kier molecular flexibility index (Phi) is 9.74. The van der Waals surface area contributed by atoms with Gasteiger partial charge in [-0.3, -0.25) is 0 Å². The molecule has 8 heteroatoms. The van der Waals surface area contributed by atoms with Crippen molar-refractivity contribution in [2.75, 3.05) is 44.5 Å². The quantitative estimate of drug-likeness (QED) is 0.586. The summed E-state index contributed by atoms with van der Waals surface area (Å²) in [5.74, 6) is 1.96. The van der Waals surface area contributed by atoms with Gasteiger partial charge in [-0.2, -0.15) is 5.26 Å². The lowest BCUT2D eigenvalue weighted by atomic mass is 9.82. The van der Waals surface area contributed by atoms with E-state index in [4.69, 9.17) is 26.8 Å². The molecule has 0 atom stereocenters. The monoisotopic (exact) mass is 471 g/mol. The molecule has 2 fully saturated rings. The van der Waals surface area contributed by atoms with Crippen LogP contribution in [0.15, 0.2) is 30.5 Å². The number of nitrogens with two attached hydrogens (primary N) is 1. The van der Waals surface area contributed by atoms with E-state index in [9.17, 15) is 5.26 Å². The van der Waals surface area contributed by atoms with E-state index in [2.05, 4.69) is 21.4 Å². The van der Waals surface area contributed by atoms with Crippen LogP contribution in [0.1, 0.15) is 44.9 Å². The van der Waals surface area contributed by atoms with Crippen LogP contribution in [-0.4, -0.2) is 43.4 Å². The van der Waals surface area contributed by atoms with Gasteiger partial charge in [0.15, 0.2) is 0 Å². The molecule has 0 amide bonds. The fourth-order valence-corrected chi connectivity index (χ4v) is 4.47. The SMILES string of the molecule is COCC1CCCCC1.N#CC1(CNc2cccc(-c3cc(N)ncc3Cl)n2)CCOCC1. The number of hydrogen-bond acceptors (Lipinski definition) is 7. The number of nitrogens with one attached hydrogen (secondary N) is 1. The summed E-state index contributed by atoms with van der Waals surface area (Å²) >= 11 is 6.19. The average molecular weight is 472 g/mol. The zero-order valence-corrected chi connectivity index (χ0v) is 20.1. The highest BCUT2D eigenvalue weighted by Gasteiger charge is 2.32. The van der Waals surface area contributed by atoms with Gasteiger partial charge in [0.2, 0.25) is 0 Å². The molecule has 33 heavy (non-hydrogen) atoms. The lowest BCUT2D eigenvalue weighted by Crippen LogP contribution is -2.34. The molecule has 1 saturated carbocycles. The predicted octanol–water partition coefficient (Wildman–Crippen LogP) is 5.32. The van der Waals surface area contributed by atoms with Gasteiger partial charge in [-0.05, 0) is 49.8 Å². The summed E-state index contributed by atoms with van der Waals surface area (Å²) in [5, 5.41) is 13.3. The third-order valence-corrected chi connectivity index (χ3v) is 6.62. The van der Waals surface area contributed by atoms with Crippen LogP contribution in [-0.2, 0) is 9.47 Å². The van der Waals surface area contributed by atoms with Gasteiger partial charge in [0.25, 0.3) is 0 Å². The Balaban J connectivity index is 0.000000286. The smallest absolute Gasteiger partial charge is 0.126 e. The van der Waals surface area contributed by atoms with Gasteiger partial charge >= 0.3 is 0 Å². The lowest BCUT2D eigenvalue weighted by molar-refractivity contribution is 0.0455. The number of pyridine rings is 2. The number of nitrogens with zero attached hydrogens (tertiary/aromatic N) is 3. The number of nitriles is 1. The summed E-state index contributed by atoms with van der Waals surface area (Å²) in [6.07, 6.45) is 10.1. The number of rotatable bonds is 6. The molecule has 0 spiro atoms. The molecule has 0 aromatic carbocycles. The van der Waals surface area contributed by atoms with Gasteiger partial charge in [-0.25, -0.2) is 9.97 Å². The maximum absolute atomic E-state index is 9.51. The molecule has 4 rings (SSSR count). The van der Waals surface area contributed by atoms with Gasteiger partial charge in [0.1, 0.15) is 11.6 Å². The third kappa shape index (κ3) is 7.56. The number of methoxy groups -OCH3 is 1. The standard InChI is InChI=1S/C17H18ClN5O.C8H16O/c18-13-9-21-15(20)8-12(13)14-2-1-3-16(23-14)22-11-17(10-19)4-6-24-7-5-17;1-9-7-8-5-3-2-4-6-8/h1-3,8-9H,4-7,11H2,(H2,20,21)(H,22,23);8H,2-7H2,1H3. The molecule has 0 bridgehead atoms. The molecular formula is C25H34ClN5O2. The molecule has 1 aliphatic carbocycles. The Morgan fingerprint density at radius 1 is 1.27 bits per heavy atom. The number of ether oxygens (including phenoxy) is 2. The first-order valence-electron chi connectivity index (χ1n) is 11.7. The molecule has 7 nitrogen and oxygen atoms in total. The van der Waals surface area contributed by atoms with Crippen molar-refractivity contribution in [1.82, 2.24) is 9.97 Å². The summed E-state index contributed by atoms with van der Waals surface area (Å²) in [7, 11) is 1.80. The first-order chi connectivity index (χ1) is 16.0. The summed E-state index contributed by atoms with van der Waals surface area (Å²) < 4.78 is 10.4. The number of aromatic nitrogens is 2. The van der Waals surface area contributed by atoms with Crippen molar-refractivity contribution >= 4 is 23.2 Å². The van der Waals surface area contributed by atoms with E-state index in [1.165, 1.54) is 38.3 Å². The van der Waals surface area contributed by atoms with Gasteiger partial charge in [-0.15, -0.1) is 0 Å². The molecule has 1 aliphatic heterocycles. The van der Waals surface area contributed by atoms with Gasteiger partial charge in [0, 0.05) is 45.2 Å². The van der Waals surface area contributed by atoms with Crippen molar-refractivity contribution in [2.45, 2.75) is 44.9 Å². The molecule has 3 heterocycles. The molecular weight excluding hydrogens is 438 g/mol. The van der Waals surface area contributed by atoms with E-state index >= 15 is 0 Å². The Morgan fingerprint density at radius 3 is 2.73 bits per heavy atom. The number of anilines is 2. The Labute approximate surface area is 201 Å². The molecule has 0 unspecified atom stereocenters. The van der Waals surface area contributed by atoms with Crippen LogP contribution in [0.2, 0.25) is 5.02 Å². The Hall–Kier alpha value is -2.40. The van der Waals surface area contributed by atoms with Crippen molar-refractivity contribution in [3.8, 4) is 17.3 Å². The van der Waals surface area contributed by atoms with E-state index in [0.29, 0.717) is 42.1 Å². The van der Waals surface area contributed by atoms with Crippen LogP contribution < -0.4 is 11.1 Å². The zero-order valence-electron chi connectivity index (χ0n) is 19.4. The van der Waals surface area contributed by atoms with Gasteiger partial charge < -0.3 is 20.5 Å². The van der Waals surface area contributed by atoms with Gasteiger partial charge in [0.05, 0.1) is 22.2 Å². The van der Waals surface area contributed by atoms with Gasteiger partial charge in [-0.1, -0.05) is 36.9 Å². The second-order valence-electron chi connectivity index (χ2n) is 8.81. The van der Waals surface area contributed by atoms with Crippen LogP contribution in [0.3, 0.4) is 0 Å². The largest absolute Gasteiger partial charge is 0.384 e. The summed E-state index contributed by atoms with van der Waals surface area (Å²) in [5.41, 5.74) is 6.76. The van der Waals surface area contributed by atoms with E-state index in [-0.39, 0.29) is 0 Å². The summed E-state index contributed by atoms with van der Waals surface area (Å²) in [4.78, 5) is 8.53. The Morgan fingerprint density at radius 2 is 2.03 bits per heavy atom. The van der Waals surface area contributed by atoms with Crippen LogP contribution in [0.5, 0.6) is 0 Å². The zero-order chi connectivity index (χ0) is 23.5. The first-order valence-corrected chi connectivity index (χ1v) is 12.0. The fourth-order valence-electron chi connectivity index (χ4n) is 4.27. The molecule has 178 valence electrons. The Bertz CT molecular complexity index is 918. The van der Waals surface area contributed by atoms with E-state index in [0.717, 1.165) is 30.9 Å². The third-order valence-electron chi connectivity index (χ3n) is 6.32. The lowest BCUT2D eigenvalue weighted by Gasteiger charge is -2.30. The first kappa shape index (κ1) is 25.2. The van der Waals surface area contributed by atoms with E-state index in [1.807, 2.05) is 18.2 Å². The second kappa shape index (κ2) is 12.7. The summed E-state index contributed by atoms with van der Waals surface area (Å²) in [6.45, 7) is 2.76. The molecule has 1 saturated heterocycles. The van der Waals surface area contributed by atoms with Crippen LogP contribution in [0.4, 0.5) is 11.6 Å². The van der Waals surface area contributed by atoms with Crippen LogP contribution >= 0.6 is 11.6 Å². The maximum Gasteiger partial charge on any atom is 0.126 e. The topological polar surface area (TPSA) is 106 Å². The minimum absolute atomic E-state index is 0.389. The molecule has 0 radical (unpaired) electrons. The minimum Gasteiger partial charge on any atom is -0.384 e.